The number of aliphatic imine (C=N–C) groups is 1. The largest absolute Gasteiger partial charge is 0.377 e. The molecular weight excluding hydrogens is 292 g/mol. The quantitative estimate of drug-likeness (QED) is 0.702. The smallest absolute Gasteiger partial charge is 0.0524 e. The molecule has 0 amide bonds. The number of benzene rings is 2. The van der Waals surface area contributed by atoms with Crippen LogP contribution in [0.1, 0.15) is 38.3 Å². The molecule has 1 aliphatic carbocycles. The van der Waals surface area contributed by atoms with Crippen LogP contribution in [-0.4, -0.2) is 30.7 Å². The van der Waals surface area contributed by atoms with E-state index >= 15 is 0 Å². The van der Waals surface area contributed by atoms with Crippen LogP contribution in [0.3, 0.4) is 0 Å². The normalized spacial score (nSPS) is 15.0. The summed E-state index contributed by atoms with van der Waals surface area (Å²) in [4.78, 5) is 6.99. The minimum atomic E-state index is -0.0824. The topological polar surface area (TPSA) is 15.6 Å². The van der Waals surface area contributed by atoms with Crippen molar-refractivity contribution in [2.75, 3.05) is 14.1 Å². The molecule has 0 saturated carbocycles. The van der Waals surface area contributed by atoms with Crippen LogP contribution in [0.5, 0.6) is 0 Å². The maximum Gasteiger partial charge on any atom is 0.0524 e. The molecule has 3 rings (SSSR count). The van der Waals surface area contributed by atoms with E-state index < -0.39 is 0 Å². The van der Waals surface area contributed by atoms with E-state index in [2.05, 4.69) is 94.5 Å². The molecule has 2 aromatic rings. The first-order chi connectivity index (χ1) is 11.4. The third-order valence-corrected chi connectivity index (χ3v) is 4.27. The molecule has 124 valence electrons. The number of allylic oxidation sites excluding steroid dienone is 3. The first kappa shape index (κ1) is 16.5. The van der Waals surface area contributed by atoms with Crippen LogP contribution >= 0.6 is 0 Å². The average molecular weight is 318 g/mol. The van der Waals surface area contributed by atoms with Crippen LogP contribution < -0.4 is 0 Å². The number of rotatable bonds is 3. The molecular formula is C22H26N2. The Kier molecular flexibility index (Phi) is 4.31. The molecule has 0 bridgehead atoms. The van der Waals surface area contributed by atoms with E-state index in [1.165, 1.54) is 33.2 Å². The van der Waals surface area contributed by atoms with Gasteiger partial charge >= 0.3 is 0 Å². The molecule has 0 heterocycles. The Morgan fingerprint density at radius 3 is 2.50 bits per heavy atom. The molecule has 0 fully saturated rings. The van der Waals surface area contributed by atoms with Gasteiger partial charge in [-0.1, -0.05) is 42.5 Å². The van der Waals surface area contributed by atoms with E-state index in [4.69, 9.17) is 4.99 Å². The summed E-state index contributed by atoms with van der Waals surface area (Å²) in [5.74, 6) is 0. The van der Waals surface area contributed by atoms with Crippen LogP contribution in [0.15, 0.2) is 59.2 Å². The van der Waals surface area contributed by atoms with Crippen molar-refractivity contribution in [1.82, 2.24) is 4.90 Å². The molecule has 0 radical (unpaired) electrons. The fourth-order valence-electron chi connectivity index (χ4n) is 3.12. The molecule has 2 aromatic carbocycles. The van der Waals surface area contributed by atoms with Gasteiger partial charge in [-0.25, -0.2) is 0 Å². The fraction of sp³-hybridized carbons (Fsp3) is 0.318. The van der Waals surface area contributed by atoms with Gasteiger partial charge in [0, 0.05) is 31.6 Å². The minimum Gasteiger partial charge on any atom is -0.377 e. The highest BCUT2D eigenvalue weighted by Gasteiger charge is 2.17. The lowest BCUT2D eigenvalue weighted by Gasteiger charge is -2.19. The van der Waals surface area contributed by atoms with Gasteiger partial charge in [-0.15, -0.1) is 0 Å². The van der Waals surface area contributed by atoms with Crippen LogP contribution in [0, 0.1) is 0 Å². The van der Waals surface area contributed by atoms with Gasteiger partial charge in [0.2, 0.25) is 0 Å². The SMILES string of the molecule is CN(C)C1=C(c2ccc3ccccc3c2C=NC(C)(C)C)CC=C1. The van der Waals surface area contributed by atoms with Gasteiger partial charge in [0.15, 0.2) is 0 Å². The van der Waals surface area contributed by atoms with E-state index in [1.54, 1.807) is 0 Å². The summed E-state index contributed by atoms with van der Waals surface area (Å²) >= 11 is 0. The zero-order valence-electron chi connectivity index (χ0n) is 15.3. The number of hydrogen-bond donors (Lipinski definition) is 0. The predicted molar refractivity (Wildman–Crippen MR) is 106 cm³/mol. The van der Waals surface area contributed by atoms with Crippen LogP contribution in [0.4, 0.5) is 0 Å². The molecule has 0 saturated heterocycles. The van der Waals surface area contributed by atoms with Crippen LogP contribution in [-0.2, 0) is 0 Å². The predicted octanol–water partition coefficient (Wildman–Crippen LogP) is 5.29. The van der Waals surface area contributed by atoms with E-state index in [0.29, 0.717) is 0 Å². The Morgan fingerprint density at radius 2 is 1.79 bits per heavy atom. The standard InChI is InChI=1S/C22H26N2/c1-22(2,3)23-15-20-17-10-7-6-9-16(17)13-14-18(20)19-11-8-12-21(19)24(4)5/h6-10,12-15H,11H2,1-5H3. The van der Waals surface area contributed by atoms with Gasteiger partial charge in [0.05, 0.1) is 5.54 Å². The molecule has 24 heavy (non-hydrogen) atoms. The van der Waals surface area contributed by atoms with E-state index in [-0.39, 0.29) is 5.54 Å². The summed E-state index contributed by atoms with van der Waals surface area (Å²) in [6.45, 7) is 6.40. The summed E-state index contributed by atoms with van der Waals surface area (Å²) in [6.07, 6.45) is 7.50. The highest BCUT2D eigenvalue weighted by Crippen LogP contribution is 2.34. The van der Waals surface area contributed by atoms with E-state index in [0.717, 1.165) is 6.42 Å². The van der Waals surface area contributed by atoms with Crippen LogP contribution in [0.25, 0.3) is 16.3 Å². The molecule has 0 spiro atoms. The monoisotopic (exact) mass is 318 g/mol. The maximum atomic E-state index is 4.80. The Balaban J connectivity index is 2.25. The zero-order valence-corrected chi connectivity index (χ0v) is 15.3. The van der Waals surface area contributed by atoms with Crippen molar-refractivity contribution < 1.29 is 0 Å². The van der Waals surface area contributed by atoms with Gasteiger partial charge in [0.25, 0.3) is 0 Å². The Hall–Kier alpha value is -2.35. The van der Waals surface area contributed by atoms with Crippen molar-refractivity contribution in [2.24, 2.45) is 4.99 Å². The van der Waals surface area contributed by atoms with Gasteiger partial charge in [-0.2, -0.15) is 0 Å². The van der Waals surface area contributed by atoms with Gasteiger partial charge in [-0.05, 0) is 55.2 Å². The Morgan fingerprint density at radius 1 is 1.04 bits per heavy atom. The molecule has 0 atom stereocenters. The second-order valence-corrected chi connectivity index (χ2v) is 7.54. The van der Waals surface area contributed by atoms with Crippen molar-refractivity contribution in [3.63, 3.8) is 0 Å². The van der Waals surface area contributed by atoms with Crippen molar-refractivity contribution in [1.29, 1.82) is 0 Å². The van der Waals surface area contributed by atoms with E-state index in [1.807, 2.05) is 0 Å². The third kappa shape index (κ3) is 3.28. The van der Waals surface area contributed by atoms with Gasteiger partial charge in [-0.3, -0.25) is 4.99 Å². The average Bonchev–Trinajstić information content (AvgIpc) is 3.01. The zero-order chi connectivity index (χ0) is 17.3. The molecule has 2 nitrogen and oxygen atoms in total. The Bertz CT molecular complexity index is 846. The molecule has 1 aliphatic rings. The maximum absolute atomic E-state index is 4.80. The highest BCUT2D eigenvalue weighted by atomic mass is 15.1. The van der Waals surface area contributed by atoms with Crippen molar-refractivity contribution in [3.05, 3.63) is 65.4 Å². The number of hydrogen-bond acceptors (Lipinski definition) is 2. The summed E-state index contributed by atoms with van der Waals surface area (Å²) in [5, 5.41) is 2.52. The lowest BCUT2D eigenvalue weighted by molar-refractivity contribution is 0.533. The summed E-state index contributed by atoms with van der Waals surface area (Å²) in [5.41, 5.74) is 5.09. The number of likely N-dealkylation sites (N-methyl/N-ethyl adjacent to an activating group) is 1. The second kappa shape index (κ2) is 6.27. The summed E-state index contributed by atoms with van der Waals surface area (Å²) in [6, 6.07) is 13.0. The second-order valence-electron chi connectivity index (χ2n) is 7.54. The first-order valence-corrected chi connectivity index (χ1v) is 8.51. The van der Waals surface area contributed by atoms with Gasteiger partial charge < -0.3 is 4.90 Å². The first-order valence-electron chi connectivity index (χ1n) is 8.51. The molecule has 0 aromatic heterocycles. The summed E-state index contributed by atoms with van der Waals surface area (Å²) in [7, 11) is 4.21. The molecule has 0 N–H and O–H groups in total. The number of nitrogens with zero attached hydrogens (tertiary/aromatic N) is 2. The minimum absolute atomic E-state index is 0.0824. The lowest BCUT2D eigenvalue weighted by Crippen LogP contribution is -2.12. The van der Waals surface area contributed by atoms with E-state index in [9.17, 15) is 0 Å². The lowest BCUT2D eigenvalue weighted by atomic mass is 9.93. The van der Waals surface area contributed by atoms with Crippen molar-refractivity contribution in [3.8, 4) is 0 Å². The Labute approximate surface area is 145 Å². The number of fused-ring (bicyclic) bond motifs is 1. The third-order valence-electron chi connectivity index (χ3n) is 4.27. The van der Waals surface area contributed by atoms with Crippen molar-refractivity contribution in [2.45, 2.75) is 32.7 Å². The van der Waals surface area contributed by atoms with Crippen LogP contribution in [0.2, 0.25) is 0 Å². The molecule has 0 aliphatic heterocycles. The highest BCUT2D eigenvalue weighted by molar-refractivity contribution is 6.05. The fourth-order valence-corrected chi connectivity index (χ4v) is 3.12. The molecule has 0 unspecified atom stereocenters. The molecule has 2 heteroatoms. The van der Waals surface area contributed by atoms with Gasteiger partial charge in [0.1, 0.15) is 0 Å². The summed E-state index contributed by atoms with van der Waals surface area (Å²) < 4.78 is 0. The van der Waals surface area contributed by atoms with Crippen molar-refractivity contribution >= 4 is 22.6 Å².